The quantitative estimate of drug-likeness (QED) is 0.619. The van der Waals surface area contributed by atoms with Crippen LogP contribution in [0.15, 0.2) is 6.20 Å². The van der Waals surface area contributed by atoms with Crippen LogP contribution in [0.5, 0.6) is 0 Å². The summed E-state index contributed by atoms with van der Waals surface area (Å²) in [6.07, 6.45) is 2.64. The number of rotatable bonds is 5. The number of likely N-dealkylation sites (N-methyl/N-ethyl adjacent to an activating group) is 1. The fourth-order valence-corrected chi connectivity index (χ4v) is 2.70. The topological polar surface area (TPSA) is 68.3 Å². The molecule has 2 atom stereocenters. The van der Waals surface area contributed by atoms with Gasteiger partial charge in [0, 0.05) is 19.6 Å². The highest BCUT2D eigenvalue weighted by atomic mass is 35.5. The molecule has 2 heterocycles. The van der Waals surface area contributed by atoms with Gasteiger partial charge >= 0.3 is 0 Å². The van der Waals surface area contributed by atoms with Crippen molar-refractivity contribution in [3.05, 3.63) is 16.9 Å². The molecule has 1 aliphatic heterocycles. The molecule has 108 valence electrons. The van der Waals surface area contributed by atoms with E-state index in [0.29, 0.717) is 11.6 Å². The fraction of sp³-hybridized carbons (Fsp3) is 0.750. The van der Waals surface area contributed by atoms with Gasteiger partial charge in [-0.15, -0.1) is 0 Å². The second kappa shape index (κ2) is 6.67. The van der Waals surface area contributed by atoms with Gasteiger partial charge in [-0.05, 0) is 13.5 Å². The number of hydrogen-bond donors (Lipinski definition) is 2. The van der Waals surface area contributed by atoms with Gasteiger partial charge in [0.05, 0.1) is 35.7 Å². The highest BCUT2D eigenvalue weighted by Crippen LogP contribution is 2.27. The van der Waals surface area contributed by atoms with Gasteiger partial charge in [-0.25, -0.2) is 5.43 Å². The van der Waals surface area contributed by atoms with E-state index >= 15 is 0 Å². The standard InChI is InChI=1S/C12H22ClN5O/c1-3-4-18-12(9(13)7-15-18)11(16-14)10-8-17(2)5-6-19-10/h7,10-11,16H,3-6,8,14H2,1-2H3. The van der Waals surface area contributed by atoms with Crippen LogP contribution in [-0.4, -0.2) is 47.5 Å². The first-order chi connectivity index (χ1) is 9.17. The smallest absolute Gasteiger partial charge is 0.0925 e. The molecule has 7 heteroatoms. The molecule has 1 saturated heterocycles. The van der Waals surface area contributed by atoms with Crippen molar-refractivity contribution in [2.24, 2.45) is 5.84 Å². The Kier molecular flexibility index (Phi) is 5.18. The minimum Gasteiger partial charge on any atom is -0.373 e. The number of hydrazine groups is 1. The maximum Gasteiger partial charge on any atom is 0.0925 e. The van der Waals surface area contributed by atoms with Crippen molar-refractivity contribution in [2.45, 2.75) is 32.0 Å². The van der Waals surface area contributed by atoms with Gasteiger partial charge in [0.1, 0.15) is 0 Å². The highest BCUT2D eigenvalue weighted by molar-refractivity contribution is 6.31. The van der Waals surface area contributed by atoms with Gasteiger partial charge in [0.2, 0.25) is 0 Å². The number of nitrogens with zero attached hydrogens (tertiary/aromatic N) is 3. The van der Waals surface area contributed by atoms with Gasteiger partial charge in [-0.3, -0.25) is 10.5 Å². The summed E-state index contributed by atoms with van der Waals surface area (Å²) in [7, 11) is 2.08. The summed E-state index contributed by atoms with van der Waals surface area (Å²) in [6.45, 7) is 5.40. The van der Waals surface area contributed by atoms with Gasteiger partial charge in [0.25, 0.3) is 0 Å². The Bertz CT molecular complexity index is 411. The molecule has 1 aliphatic rings. The first kappa shape index (κ1) is 14.7. The third-order valence-corrected chi connectivity index (χ3v) is 3.70. The van der Waals surface area contributed by atoms with E-state index in [2.05, 4.69) is 29.4 Å². The van der Waals surface area contributed by atoms with E-state index < -0.39 is 0 Å². The zero-order valence-corrected chi connectivity index (χ0v) is 12.2. The zero-order chi connectivity index (χ0) is 13.8. The number of hydrogen-bond acceptors (Lipinski definition) is 5. The SMILES string of the molecule is CCCn1ncc(Cl)c1C(NN)C1CN(C)CCO1. The summed E-state index contributed by atoms with van der Waals surface area (Å²) < 4.78 is 7.74. The van der Waals surface area contributed by atoms with Crippen LogP contribution >= 0.6 is 11.6 Å². The molecule has 2 rings (SSSR count). The van der Waals surface area contributed by atoms with Crippen molar-refractivity contribution in [1.29, 1.82) is 0 Å². The summed E-state index contributed by atoms with van der Waals surface area (Å²) in [5, 5.41) is 4.94. The molecule has 0 bridgehead atoms. The lowest BCUT2D eigenvalue weighted by molar-refractivity contribution is -0.0407. The summed E-state index contributed by atoms with van der Waals surface area (Å²) >= 11 is 6.26. The molecule has 1 fully saturated rings. The van der Waals surface area contributed by atoms with E-state index in [4.69, 9.17) is 22.2 Å². The maximum absolute atomic E-state index is 6.26. The number of aromatic nitrogens is 2. The third kappa shape index (κ3) is 3.27. The van der Waals surface area contributed by atoms with Crippen LogP contribution < -0.4 is 11.3 Å². The molecular weight excluding hydrogens is 266 g/mol. The lowest BCUT2D eigenvalue weighted by Gasteiger charge is -2.35. The number of nitrogens with two attached hydrogens (primary N) is 1. The molecule has 1 aromatic heterocycles. The van der Waals surface area contributed by atoms with Crippen LogP contribution in [-0.2, 0) is 11.3 Å². The summed E-state index contributed by atoms with van der Waals surface area (Å²) in [5.41, 5.74) is 3.75. The van der Waals surface area contributed by atoms with Crippen molar-refractivity contribution in [3.63, 3.8) is 0 Å². The van der Waals surface area contributed by atoms with Gasteiger partial charge in [-0.1, -0.05) is 18.5 Å². The molecule has 0 radical (unpaired) electrons. The monoisotopic (exact) mass is 287 g/mol. The minimum absolute atomic E-state index is 0.0199. The van der Waals surface area contributed by atoms with Crippen LogP contribution in [0.3, 0.4) is 0 Å². The van der Waals surface area contributed by atoms with Crippen LogP contribution in [0.1, 0.15) is 25.1 Å². The summed E-state index contributed by atoms with van der Waals surface area (Å²) in [5.74, 6) is 5.73. The lowest BCUT2D eigenvalue weighted by atomic mass is 10.1. The van der Waals surface area contributed by atoms with Crippen molar-refractivity contribution in [3.8, 4) is 0 Å². The fourth-order valence-electron chi connectivity index (χ4n) is 2.45. The van der Waals surface area contributed by atoms with Crippen LogP contribution in [0.4, 0.5) is 0 Å². The van der Waals surface area contributed by atoms with Crippen molar-refractivity contribution < 1.29 is 4.74 Å². The molecule has 3 N–H and O–H groups in total. The molecule has 0 aliphatic carbocycles. The number of aryl methyl sites for hydroxylation is 1. The molecule has 19 heavy (non-hydrogen) atoms. The normalized spacial score (nSPS) is 22.6. The average Bonchev–Trinajstić information content (AvgIpc) is 2.74. The van der Waals surface area contributed by atoms with Gasteiger partial charge in [0.15, 0.2) is 0 Å². The molecule has 6 nitrogen and oxygen atoms in total. The highest BCUT2D eigenvalue weighted by Gasteiger charge is 2.31. The number of ether oxygens (including phenoxy) is 1. The molecule has 0 spiro atoms. The van der Waals surface area contributed by atoms with E-state index in [0.717, 1.165) is 31.7 Å². The predicted molar refractivity (Wildman–Crippen MR) is 74.8 cm³/mol. The Morgan fingerprint density at radius 2 is 2.47 bits per heavy atom. The lowest BCUT2D eigenvalue weighted by Crippen LogP contribution is -2.49. The molecule has 1 aromatic rings. The van der Waals surface area contributed by atoms with E-state index in [9.17, 15) is 0 Å². The molecular formula is C12H22ClN5O. The first-order valence-electron chi connectivity index (χ1n) is 6.64. The number of halogens is 1. The van der Waals surface area contributed by atoms with Crippen molar-refractivity contribution in [1.82, 2.24) is 20.1 Å². The Morgan fingerprint density at radius 1 is 1.68 bits per heavy atom. The van der Waals surface area contributed by atoms with Crippen molar-refractivity contribution in [2.75, 3.05) is 26.7 Å². The van der Waals surface area contributed by atoms with E-state index in [1.807, 2.05) is 4.68 Å². The Hall–Kier alpha value is -0.660. The van der Waals surface area contributed by atoms with Crippen molar-refractivity contribution >= 4 is 11.6 Å². The molecule has 0 aromatic carbocycles. The van der Waals surface area contributed by atoms with Gasteiger partial charge in [-0.2, -0.15) is 5.10 Å². The second-order valence-corrected chi connectivity index (χ2v) is 5.32. The molecule has 0 saturated carbocycles. The van der Waals surface area contributed by atoms with E-state index in [1.54, 1.807) is 6.20 Å². The van der Waals surface area contributed by atoms with E-state index in [-0.39, 0.29) is 12.1 Å². The van der Waals surface area contributed by atoms with Crippen LogP contribution in [0.25, 0.3) is 0 Å². The maximum atomic E-state index is 6.26. The zero-order valence-electron chi connectivity index (χ0n) is 11.5. The van der Waals surface area contributed by atoms with Gasteiger partial charge < -0.3 is 9.64 Å². The Balaban J connectivity index is 2.23. The Labute approximate surface area is 118 Å². The number of nitrogens with one attached hydrogen (secondary N) is 1. The minimum atomic E-state index is -0.149. The van der Waals surface area contributed by atoms with Crippen LogP contribution in [0, 0.1) is 0 Å². The summed E-state index contributed by atoms with van der Waals surface area (Å²) in [4.78, 5) is 2.23. The first-order valence-corrected chi connectivity index (χ1v) is 7.02. The van der Waals surface area contributed by atoms with Crippen LogP contribution in [0.2, 0.25) is 5.02 Å². The molecule has 2 unspecified atom stereocenters. The third-order valence-electron chi connectivity index (χ3n) is 3.41. The predicted octanol–water partition coefficient (Wildman–Crippen LogP) is 0.781. The second-order valence-electron chi connectivity index (χ2n) is 4.92. The molecule has 0 amide bonds. The number of morpholine rings is 1. The largest absolute Gasteiger partial charge is 0.373 e. The Morgan fingerprint density at radius 3 is 3.11 bits per heavy atom. The average molecular weight is 288 g/mol. The van der Waals surface area contributed by atoms with E-state index in [1.165, 1.54) is 0 Å². The summed E-state index contributed by atoms with van der Waals surface area (Å²) in [6, 6.07) is -0.149.